The molecule has 0 fully saturated rings. The smallest absolute Gasteiger partial charge is 0.259 e. The largest absolute Gasteiger partial charge is 0.380 e. The van der Waals surface area contributed by atoms with Gasteiger partial charge in [0.15, 0.2) is 5.82 Å². The molecular formula is C21H18N4O2. The molecule has 6 heteroatoms. The number of nitrogens with one attached hydrogen (secondary N) is 1. The molecule has 0 saturated heterocycles. The fraction of sp³-hybridized carbons (Fsp3) is 0.0952. The number of fused-ring (bicyclic) bond motifs is 1. The van der Waals surface area contributed by atoms with Crippen LogP contribution in [0.3, 0.4) is 0 Å². The van der Waals surface area contributed by atoms with Gasteiger partial charge in [0, 0.05) is 36.0 Å². The average molecular weight is 358 g/mol. The molecule has 3 N–H and O–H groups in total. The highest BCUT2D eigenvalue weighted by Gasteiger charge is 2.25. The van der Waals surface area contributed by atoms with Gasteiger partial charge < -0.3 is 11.1 Å². The van der Waals surface area contributed by atoms with Crippen molar-refractivity contribution in [2.45, 2.75) is 0 Å². The Hall–Kier alpha value is -3.67. The van der Waals surface area contributed by atoms with Crippen molar-refractivity contribution in [1.29, 1.82) is 0 Å². The molecule has 134 valence electrons. The molecule has 1 aliphatic rings. The highest BCUT2D eigenvalue weighted by Crippen LogP contribution is 2.32. The molecule has 0 unspecified atom stereocenters. The number of hydrogen-bond acceptors (Lipinski definition) is 4. The van der Waals surface area contributed by atoms with Crippen LogP contribution in [-0.4, -0.2) is 29.9 Å². The lowest BCUT2D eigenvalue weighted by Gasteiger charge is -2.29. The number of carbonyl (C=O) groups excluding carboxylic acids is 2. The second-order valence-corrected chi connectivity index (χ2v) is 6.29. The Labute approximate surface area is 156 Å². The van der Waals surface area contributed by atoms with E-state index in [1.54, 1.807) is 35.4 Å². The minimum Gasteiger partial charge on any atom is -0.380 e. The zero-order chi connectivity index (χ0) is 18.8. The van der Waals surface area contributed by atoms with Crippen LogP contribution in [0.15, 0.2) is 66.9 Å². The third-order valence-corrected chi connectivity index (χ3v) is 4.54. The number of pyridine rings is 1. The Morgan fingerprint density at radius 1 is 0.963 bits per heavy atom. The zero-order valence-electron chi connectivity index (χ0n) is 14.6. The lowest BCUT2D eigenvalue weighted by molar-refractivity contribution is 0.0982. The molecule has 4 rings (SSSR count). The van der Waals surface area contributed by atoms with Crippen molar-refractivity contribution >= 4 is 23.3 Å². The van der Waals surface area contributed by atoms with E-state index in [9.17, 15) is 9.59 Å². The van der Waals surface area contributed by atoms with Crippen molar-refractivity contribution in [3.8, 4) is 11.1 Å². The van der Waals surface area contributed by atoms with E-state index in [0.717, 1.165) is 16.8 Å². The molecule has 0 bridgehead atoms. The summed E-state index contributed by atoms with van der Waals surface area (Å²) in [5.74, 6) is 0.0962. The van der Waals surface area contributed by atoms with Crippen molar-refractivity contribution in [3.05, 3.63) is 78.0 Å². The number of amides is 2. The summed E-state index contributed by atoms with van der Waals surface area (Å²) in [5.41, 5.74) is 9.01. The number of rotatable bonds is 3. The van der Waals surface area contributed by atoms with E-state index in [-0.39, 0.29) is 5.91 Å². The monoisotopic (exact) mass is 358 g/mol. The number of anilines is 2. The van der Waals surface area contributed by atoms with E-state index in [2.05, 4.69) is 10.3 Å². The Bertz CT molecular complexity index is 1000. The standard InChI is InChI=1S/C21H18N4O2/c22-19(26)15-8-6-14(7-9-15)17-12-18-20(24-13-17)25(11-10-23-18)21(27)16-4-2-1-3-5-16/h1-9,12-13,23H,10-11H2,(H2,22,26). The summed E-state index contributed by atoms with van der Waals surface area (Å²) in [7, 11) is 0. The first-order valence-electron chi connectivity index (χ1n) is 8.64. The Morgan fingerprint density at radius 3 is 2.41 bits per heavy atom. The van der Waals surface area contributed by atoms with Gasteiger partial charge in [-0.05, 0) is 35.9 Å². The second-order valence-electron chi connectivity index (χ2n) is 6.29. The summed E-state index contributed by atoms with van der Waals surface area (Å²) in [4.78, 5) is 30.3. The van der Waals surface area contributed by atoms with Crippen molar-refractivity contribution in [2.24, 2.45) is 5.73 Å². The summed E-state index contributed by atoms with van der Waals surface area (Å²) in [6.45, 7) is 1.21. The van der Waals surface area contributed by atoms with Crippen LogP contribution in [0.2, 0.25) is 0 Å². The maximum atomic E-state index is 12.8. The summed E-state index contributed by atoms with van der Waals surface area (Å²) in [6.07, 6.45) is 1.73. The van der Waals surface area contributed by atoms with Crippen LogP contribution in [0.4, 0.5) is 11.5 Å². The van der Waals surface area contributed by atoms with Gasteiger partial charge in [0.2, 0.25) is 5.91 Å². The highest BCUT2D eigenvalue weighted by molar-refractivity contribution is 6.07. The number of nitrogens with zero attached hydrogens (tertiary/aromatic N) is 2. The maximum absolute atomic E-state index is 12.8. The van der Waals surface area contributed by atoms with Crippen molar-refractivity contribution in [1.82, 2.24) is 4.98 Å². The van der Waals surface area contributed by atoms with Gasteiger partial charge >= 0.3 is 0 Å². The van der Waals surface area contributed by atoms with Gasteiger partial charge in [0.05, 0.1) is 5.69 Å². The molecule has 3 aromatic rings. The molecule has 6 nitrogen and oxygen atoms in total. The molecular weight excluding hydrogens is 340 g/mol. The topological polar surface area (TPSA) is 88.3 Å². The Morgan fingerprint density at radius 2 is 1.70 bits per heavy atom. The molecule has 0 saturated carbocycles. The minimum atomic E-state index is -0.457. The summed E-state index contributed by atoms with van der Waals surface area (Å²) < 4.78 is 0. The van der Waals surface area contributed by atoms with E-state index in [1.165, 1.54) is 0 Å². The SMILES string of the molecule is NC(=O)c1ccc(-c2cnc3c(c2)NCCN3C(=O)c2ccccc2)cc1. The van der Waals surface area contributed by atoms with E-state index >= 15 is 0 Å². The van der Waals surface area contributed by atoms with E-state index < -0.39 is 5.91 Å². The van der Waals surface area contributed by atoms with Gasteiger partial charge in [-0.1, -0.05) is 30.3 Å². The number of aromatic nitrogens is 1. The molecule has 0 atom stereocenters. The molecule has 1 aromatic heterocycles. The fourth-order valence-electron chi connectivity index (χ4n) is 3.13. The summed E-state index contributed by atoms with van der Waals surface area (Å²) in [6, 6.07) is 18.2. The van der Waals surface area contributed by atoms with Crippen LogP contribution in [-0.2, 0) is 0 Å². The van der Waals surface area contributed by atoms with Crippen LogP contribution in [0.5, 0.6) is 0 Å². The number of hydrogen-bond donors (Lipinski definition) is 2. The minimum absolute atomic E-state index is 0.0654. The zero-order valence-corrected chi connectivity index (χ0v) is 14.6. The first kappa shape index (κ1) is 16.8. The van der Waals surface area contributed by atoms with Crippen LogP contribution < -0.4 is 16.0 Å². The predicted molar refractivity (Wildman–Crippen MR) is 105 cm³/mol. The molecule has 2 heterocycles. The molecule has 27 heavy (non-hydrogen) atoms. The van der Waals surface area contributed by atoms with Gasteiger partial charge in [-0.15, -0.1) is 0 Å². The Kier molecular flexibility index (Phi) is 4.30. The van der Waals surface area contributed by atoms with Crippen LogP contribution in [0.25, 0.3) is 11.1 Å². The van der Waals surface area contributed by atoms with E-state index in [1.807, 2.05) is 36.4 Å². The van der Waals surface area contributed by atoms with Gasteiger partial charge in [-0.3, -0.25) is 14.5 Å². The molecule has 2 amide bonds. The number of primary amides is 1. The molecule has 0 radical (unpaired) electrons. The lowest BCUT2D eigenvalue weighted by atomic mass is 10.0. The van der Waals surface area contributed by atoms with E-state index in [0.29, 0.717) is 30.0 Å². The molecule has 2 aromatic carbocycles. The molecule has 0 spiro atoms. The Balaban J connectivity index is 1.66. The molecule has 1 aliphatic heterocycles. The first-order valence-corrected chi connectivity index (χ1v) is 8.64. The quantitative estimate of drug-likeness (QED) is 0.753. The van der Waals surface area contributed by atoms with Crippen LogP contribution >= 0.6 is 0 Å². The third-order valence-electron chi connectivity index (χ3n) is 4.54. The number of carbonyl (C=O) groups is 2. The normalized spacial score (nSPS) is 12.8. The molecule has 0 aliphatic carbocycles. The lowest BCUT2D eigenvalue weighted by Crippen LogP contribution is -2.39. The second kappa shape index (κ2) is 6.92. The van der Waals surface area contributed by atoms with Gasteiger partial charge in [0.1, 0.15) is 0 Å². The third kappa shape index (κ3) is 3.25. The van der Waals surface area contributed by atoms with Crippen molar-refractivity contribution in [2.75, 3.05) is 23.3 Å². The average Bonchev–Trinajstić information content (AvgIpc) is 2.73. The predicted octanol–water partition coefficient (Wildman–Crippen LogP) is 2.92. The first-order chi connectivity index (χ1) is 13.1. The van der Waals surface area contributed by atoms with Crippen molar-refractivity contribution in [3.63, 3.8) is 0 Å². The highest BCUT2D eigenvalue weighted by atomic mass is 16.2. The summed E-state index contributed by atoms with van der Waals surface area (Å²) >= 11 is 0. The van der Waals surface area contributed by atoms with Crippen LogP contribution in [0.1, 0.15) is 20.7 Å². The van der Waals surface area contributed by atoms with Crippen molar-refractivity contribution < 1.29 is 9.59 Å². The summed E-state index contributed by atoms with van der Waals surface area (Å²) in [5, 5.41) is 3.31. The number of nitrogens with two attached hydrogens (primary N) is 1. The van der Waals surface area contributed by atoms with E-state index in [4.69, 9.17) is 5.73 Å². The van der Waals surface area contributed by atoms with Crippen LogP contribution in [0, 0.1) is 0 Å². The fourth-order valence-corrected chi connectivity index (χ4v) is 3.13. The van der Waals surface area contributed by atoms with Gasteiger partial charge in [-0.2, -0.15) is 0 Å². The number of benzene rings is 2. The van der Waals surface area contributed by atoms with Gasteiger partial charge in [0.25, 0.3) is 5.91 Å². The van der Waals surface area contributed by atoms with Gasteiger partial charge in [-0.25, -0.2) is 4.98 Å². The maximum Gasteiger partial charge on any atom is 0.259 e.